The minimum Gasteiger partial charge on any atom is -0.350 e. The molecule has 0 aromatic carbocycles. The van der Waals surface area contributed by atoms with E-state index in [0.29, 0.717) is 0 Å². The highest BCUT2D eigenvalue weighted by Gasteiger charge is 2.20. The Morgan fingerprint density at radius 1 is 1.27 bits per heavy atom. The maximum Gasteiger partial charge on any atom is 0.332 e. The molecular formula is C14H21N5O3. The van der Waals surface area contributed by atoms with Crippen molar-refractivity contribution in [2.45, 2.75) is 39.3 Å². The van der Waals surface area contributed by atoms with Crippen LogP contribution in [0.15, 0.2) is 15.9 Å². The first-order valence-corrected chi connectivity index (χ1v) is 7.10. The van der Waals surface area contributed by atoms with Gasteiger partial charge in [0.2, 0.25) is 5.91 Å². The topological polar surface area (TPSA) is 90.9 Å². The van der Waals surface area contributed by atoms with Crippen LogP contribution >= 0.6 is 0 Å². The van der Waals surface area contributed by atoms with Crippen LogP contribution in [0.2, 0.25) is 0 Å². The van der Waals surface area contributed by atoms with Gasteiger partial charge in [0.1, 0.15) is 6.54 Å². The maximum absolute atomic E-state index is 12.3. The van der Waals surface area contributed by atoms with Gasteiger partial charge in [-0.15, -0.1) is 0 Å². The van der Waals surface area contributed by atoms with Crippen molar-refractivity contribution in [3.8, 4) is 0 Å². The van der Waals surface area contributed by atoms with Gasteiger partial charge in [0.15, 0.2) is 11.2 Å². The molecule has 8 heteroatoms. The van der Waals surface area contributed by atoms with Gasteiger partial charge in [0.25, 0.3) is 5.56 Å². The van der Waals surface area contributed by atoms with Crippen molar-refractivity contribution in [1.82, 2.24) is 24.0 Å². The summed E-state index contributed by atoms with van der Waals surface area (Å²) < 4.78 is 3.77. The maximum atomic E-state index is 12.3. The van der Waals surface area contributed by atoms with Crippen LogP contribution in [0.5, 0.6) is 0 Å². The van der Waals surface area contributed by atoms with E-state index in [1.807, 2.05) is 20.8 Å². The lowest BCUT2D eigenvalue weighted by molar-refractivity contribution is -0.123. The Labute approximate surface area is 127 Å². The first kappa shape index (κ1) is 16.0. The van der Waals surface area contributed by atoms with Crippen LogP contribution in [0.1, 0.15) is 27.2 Å². The van der Waals surface area contributed by atoms with Crippen molar-refractivity contribution in [3.63, 3.8) is 0 Å². The van der Waals surface area contributed by atoms with E-state index in [-0.39, 0.29) is 29.2 Å². The summed E-state index contributed by atoms with van der Waals surface area (Å²) in [5, 5.41) is 2.90. The van der Waals surface area contributed by atoms with E-state index in [9.17, 15) is 14.4 Å². The van der Waals surface area contributed by atoms with Gasteiger partial charge < -0.3 is 9.88 Å². The Bertz CT molecular complexity index is 841. The molecule has 22 heavy (non-hydrogen) atoms. The highest BCUT2D eigenvalue weighted by Crippen LogP contribution is 2.08. The largest absolute Gasteiger partial charge is 0.350 e. The zero-order valence-electron chi connectivity index (χ0n) is 13.5. The molecule has 0 saturated carbocycles. The van der Waals surface area contributed by atoms with E-state index in [4.69, 9.17) is 0 Å². The number of hydrogen-bond donors (Lipinski definition) is 1. The third kappa shape index (κ3) is 2.68. The molecule has 2 aromatic heterocycles. The molecule has 0 saturated heterocycles. The number of hydrogen-bond acceptors (Lipinski definition) is 4. The van der Waals surface area contributed by atoms with Gasteiger partial charge >= 0.3 is 5.69 Å². The van der Waals surface area contributed by atoms with E-state index in [1.54, 1.807) is 7.05 Å². The summed E-state index contributed by atoms with van der Waals surface area (Å²) >= 11 is 0. The number of carbonyl (C=O) groups excluding carboxylic acids is 1. The highest BCUT2D eigenvalue weighted by atomic mass is 16.2. The molecule has 0 aliphatic carbocycles. The minimum absolute atomic E-state index is 0.0205. The van der Waals surface area contributed by atoms with Crippen LogP contribution in [-0.2, 0) is 25.4 Å². The Kier molecular flexibility index (Phi) is 3.95. The second kappa shape index (κ2) is 5.43. The number of rotatable bonds is 4. The van der Waals surface area contributed by atoms with Crippen molar-refractivity contribution < 1.29 is 4.79 Å². The fourth-order valence-electron chi connectivity index (χ4n) is 2.18. The van der Waals surface area contributed by atoms with Crippen LogP contribution in [0.3, 0.4) is 0 Å². The first-order valence-electron chi connectivity index (χ1n) is 7.10. The molecule has 0 aliphatic heterocycles. The van der Waals surface area contributed by atoms with Gasteiger partial charge in [-0.05, 0) is 20.3 Å². The Balaban J connectivity index is 2.45. The second-order valence-electron chi connectivity index (χ2n) is 6.04. The molecule has 0 unspecified atom stereocenters. The predicted octanol–water partition coefficient (Wildman–Crippen LogP) is -0.261. The minimum atomic E-state index is -0.460. The van der Waals surface area contributed by atoms with Gasteiger partial charge in [0, 0.05) is 19.6 Å². The second-order valence-corrected chi connectivity index (χ2v) is 6.04. The van der Waals surface area contributed by atoms with Crippen LogP contribution in [0.4, 0.5) is 0 Å². The number of aromatic nitrogens is 4. The third-order valence-corrected chi connectivity index (χ3v) is 3.89. The number of carbonyl (C=O) groups is 1. The van der Waals surface area contributed by atoms with Gasteiger partial charge in [-0.2, -0.15) is 0 Å². The quantitative estimate of drug-likeness (QED) is 0.842. The molecule has 8 nitrogen and oxygen atoms in total. The lowest BCUT2D eigenvalue weighted by atomic mass is 10.0. The average Bonchev–Trinajstić information content (AvgIpc) is 2.85. The SMILES string of the molecule is CCC(C)(C)NC(=O)Cn1cnc2c1c(=O)n(C)c(=O)n2C. The number of nitrogens with zero attached hydrogens (tertiary/aromatic N) is 4. The summed E-state index contributed by atoms with van der Waals surface area (Å²) in [6.07, 6.45) is 2.20. The molecule has 1 N–H and O–H groups in total. The van der Waals surface area contributed by atoms with Crippen molar-refractivity contribution in [2.24, 2.45) is 14.1 Å². The van der Waals surface area contributed by atoms with Crippen molar-refractivity contribution in [1.29, 1.82) is 0 Å². The molecule has 1 amide bonds. The Morgan fingerprint density at radius 3 is 2.50 bits per heavy atom. The number of amides is 1. The normalized spacial score (nSPS) is 11.9. The summed E-state index contributed by atoms with van der Waals surface area (Å²) in [7, 11) is 2.95. The number of nitrogens with one attached hydrogen (secondary N) is 1. The summed E-state index contributed by atoms with van der Waals surface area (Å²) in [6.45, 7) is 5.82. The Hall–Kier alpha value is -2.38. The van der Waals surface area contributed by atoms with E-state index in [0.717, 1.165) is 11.0 Å². The molecule has 0 radical (unpaired) electrons. The van der Waals surface area contributed by atoms with Crippen LogP contribution in [-0.4, -0.2) is 30.1 Å². The zero-order chi connectivity index (χ0) is 16.7. The van der Waals surface area contributed by atoms with Gasteiger partial charge in [-0.1, -0.05) is 6.92 Å². The van der Waals surface area contributed by atoms with E-state index < -0.39 is 11.2 Å². The van der Waals surface area contributed by atoms with Crippen LogP contribution < -0.4 is 16.6 Å². The smallest absolute Gasteiger partial charge is 0.332 e. The number of fused-ring (bicyclic) bond motifs is 1. The van der Waals surface area contributed by atoms with Crippen molar-refractivity contribution in [2.75, 3.05) is 0 Å². The standard InChI is InChI=1S/C14H21N5O3/c1-6-14(2,3)16-9(20)7-19-8-15-11-10(19)12(21)18(5)13(22)17(11)4/h8H,6-7H2,1-5H3,(H,16,20). The molecule has 0 fully saturated rings. The average molecular weight is 307 g/mol. The van der Waals surface area contributed by atoms with Crippen LogP contribution in [0, 0.1) is 0 Å². The zero-order valence-corrected chi connectivity index (χ0v) is 13.5. The molecule has 120 valence electrons. The van der Waals surface area contributed by atoms with Crippen molar-refractivity contribution in [3.05, 3.63) is 27.2 Å². The van der Waals surface area contributed by atoms with E-state index in [1.165, 1.54) is 22.5 Å². The summed E-state index contributed by atoms with van der Waals surface area (Å²) in [6, 6.07) is 0. The van der Waals surface area contributed by atoms with Crippen LogP contribution in [0.25, 0.3) is 11.2 Å². The monoisotopic (exact) mass is 307 g/mol. The molecule has 2 rings (SSSR count). The van der Waals surface area contributed by atoms with E-state index >= 15 is 0 Å². The summed E-state index contributed by atoms with van der Waals surface area (Å²) in [5.41, 5.74) is -0.701. The first-order chi connectivity index (χ1) is 10.2. The molecule has 2 aromatic rings. The van der Waals surface area contributed by atoms with Gasteiger partial charge in [-0.25, -0.2) is 9.78 Å². The number of imidazole rings is 1. The van der Waals surface area contributed by atoms with Gasteiger partial charge in [-0.3, -0.25) is 18.7 Å². The molecule has 0 spiro atoms. The number of aryl methyl sites for hydroxylation is 1. The molecule has 2 heterocycles. The molecule has 0 aliphatic rings. The summed E-state index contributed by atoms with van der Waals surface area (Å²) in [5.74, 6) is -0.206. The van der Waals surface area contributed by atoms with Crippen molar-refractivity contribution >= 4 is 17.1 Å². The highest BCUT2D eigenvalue weighted by molar-refractivity contribution is 5.79. The van der Waals surface area contributed by atoms with Gasteiger partial charge in [0.05, 0.1) is 6.33 Å². The molecule has 0 atom stereocenters. The molecule has 0 bridgehead atoms. The lowest BCUT2D eigenvalue weighted by Crippen LogP contribution is -2.44. The Morgan fingerprint density at radius 2 is 1.91 bits per heavy atom. The third-order valence-electron chi connectivity index (χ3n) is 3.89. The summed E-state index contributed by atoms with van der Waals surface area (Å²) in [4.78, 5) is 40.3. The predicted molar refractivity (Wildman–Crippen MR) is 82.7 cm³/mol. The fourth-order valence-corrected chi connectivity index (χ4v) is 2.18. The molecular weight excluding hydrogens is 286 g/mol. The fraction of sp³-hybridized carbons (Fsp3) is 0.571. The van der Waals surface area contributed by atoms with E-state index in [2.05, 4.69) is 10.3 Å². The lowest BCUT2D eigenvalue weighted by Gasteiger charge is -2.24.